The molecule has 1 N–H and O–H groups in total. The lowest BCUT2D eigenvalue weighted by molar-refractivity contribution is -0.140. The molecule has 0 heterocycles. The zero-order valence-electron chi connectivity index (χ0n) is 25.2. The predicted octanol–water partition coefficient (Wildman–Crippen LogP) is 6.40. The summed E-state index contributed by atoms with van der Waals surface area (Å²) in [5.74, 6) is -0.803. The average Bonchev–Trinajstić information content (AvgIpc) is 3.02. The lowest BCUT2D eigenvalue weighted by Gasteiger charge is -2.34. The molecular weight excluding hydrogens is 594 g/mol. The van der Waals surface area contributed by atoms with Crippen molar-refractivity contribution in [3.05, 3.63) is 131 Å². The second kappa shape index (κ2) is 15.0. The van der Waals surface area contributed by atoms with Crippen molar-refractivity contribution >= 4 is 39.1 Å². The van der Waals surface area contributed by atoms with Crippen LogP contribution >= 0.6 is 11.6 Å². The van der Waals surface area contributed by atoms with Crippen LogP contribution in [-0.2, 0) is 32.6 Å². The summed E-state index contributed by atoms with van der Waals surface area (Å²) < 4.78 is 29.3. The number of rotatable bonds is 13. The van der Waals surface area contributed by atoms with Crippen molar-refractivity contribution < 1.29 is 18.0 Å². The molecule has 0 saturated heterocycles. The molecule has 44 heavy (non-hydrogen) atoms. The van der Waals surface area contributed by atoms with E-state index in [1.165, 1.54) is 29.2 Å². The van der Waals surface area contributed by atoms with Gasteiger partial charge in [0.15, 0.2) is 0 Å². The first-order chi connectivity index (χ1) is 21.1. The summed E-state index contributed by atoms with van der Waals surface area (Å²) in [6, 6.07) is 30.7. The number of hydrogen-bond acceptors (Lipinski definition) is 4. The van der Waals surface area contributed by atoms with Gasteiger partial charge < -0.3 is 10.2 Å². The standard InChI is InChI=1S/C35H38ClN3O4S/c1-4-27(3)37-35(41)33(23-28-13-7-5-8-14-28)38(24-29-15-9-6-10-16-29)34(40)25-39(31-17-11-12-26(2)22-31)44(42,43)32-20-18-30(36)19-21-32/h5-22,27,33H,4,23-25H2,1-3H3,(H,37,41)/t27-,33-/m0/s1. The highest BCUT2D eigenvalue weighted by atomic mass is 35.5. The van der Waals surface area contributed by atoms with Crippen molar-refractivity contribution in [3.8, 4) is 0 Å². The zero-order chi connectivity index (χ0) is 31.7. The SMILES string of the molecule is CC[C@H](C)NC(=O)[C@H](Cc1ccccc1)N(Cc1ccccc1)C(=O)CN(c1cccc(C)c1)S(=O)(=O)c1ccc(Cl)cc1. The van der Waals surface area contributed by atoms with E-state index in [-0.39, 0.29) is 29.8 Å². The van der Waals surface area contributed by atoms with Crippen LogP contribution in [-0.4, -0.2) is 43.8 Å². The lowest BCUT2D eigenvalue weighted by atomic mass is 10.0. The molecule has 2 amide bonds. The molecule has 0 radical (unpaired) electrons. The van der Waals surface area contributed by atoms with Gasteiger partial charge in [-0.15, -0.1) is 0 Å². The fourth-order valence-electron chi connectivity index (χ4n) is 4.82. The Labute approximate surface area is 265 Å². The molecule has 0 aromatic heterocycles. The van der Waals surface area contributed by atoms with E-state index in [2.05, 4.69) is 5.32 Å². The van der Waals surface area contributed by atoms with E-state index < -0.39 is 28.5 Å². The van der Waals surface area contributed by atoms with Crippen molar-refractivity contribution in [2.75, 3.05) is 10.8 Å². The van der Waals surface area contributed by atoms with Gasteiger partial charge in [0.05, 0.1) is 10.6 Å². The minimum atomic E-state index is -4.19. The Kier molecular flexibility index (Phi) is 11.2. The number of carbonyl (C=O) groups excluding carboxylic acids is 2. The molecule has 7 nitrogen and oxygen atoms in total. The quantitative estimate of drug-likeness (QED) is 0.185. The van der Waals surface area contributed by atoms with Crippen molar-refractivity contribution in [2.45, 2.75) is 57.1 Å². The van der Waals surface area contributed by atoms with Gasteiger partial charge in [-0.2, -0.15) is 0 Å². The van der Waals surface area contributed by atoms with Gasteiger partial charge in [0.1, 0.15) is 12.6 Å². The van der Waals surface area contributed by atoms with E-state index in [0.717, 1.165) is 27.4 Å². The number of amides is 2. The Morgan fingerprint density at radius 2 is 1.45 bits per heavy atom. The third-order valence-electron chi connectivity index (χ3n) is 7.44. The number of nitrogens with one attached hydrogen (secondary N) is 1. The molecule has 0 aliphatic carbocycles. The van der Waals surface area contributed by atoms with Gasteiger partial charge in [-0.25, -0.2) is 8.42 Å². The van der Waals surface area contributed by atoms with Gasteiger partial charge in [-0.05, 0) is 73.4 Å². The second-order valence-corrected chi connectivity index (χ2v) is 13.1. The smallest absolute Gasteiger partial charge is 0.264 e. The number of nitrogens with zero attached hydrogens (tertiary/aromatic N) is 2. The molecule has 0 unspecified atom stereocenters. The highest BCUT2D eigenvalue weighted by Crippen LogP contribution is 2.26. The number of sulfonamides is 1. The van der Waals surface area contributed by atoms with Crippen LogP contribution in [0.5, 0.6) is 0 Å². The van der Waals surface area contributed by atoms with Gasteiger partial charge in [0.25, 0.3) is 10.0 Å². The Balaban J connectivity index is 1.79. The maximum atomic E-state index is 14.5. The Bertz CT molecular complexity index is 1650. The molecule has 0 aliphatic heterocycles. The van der Waals surface area contributed by atoms with Crippen molar-refractivity contribution in [1.82, 2.24) is 10.2 Å². The van der Waals surface area contributed by atoms with E-state index in [1.54, 1.807) is 18.2 Å². The van der Waals surface area contributed by atoms with Crippen molar-refractivity contribution in [1.29, 1.82) is 0 Å². The summed E-state index contributed by atoms with van der Waals surface area (Å²) >= 11 is 6.05. The molecule has 4 rings (SSSR count). The molecule has 0 saturated carbocycles. The summed E-state index contributed by atoms with van der Waals surface area (Å²) in [6.45, 7) is 5.36. The monoisotopic (exact) mass is 631 g/mol. The molecule has 4 aromatic carbocycles. The minimum absolute atomic E-state index is 0.00108. The van der Waals surface area contributed by atoms with Crippen LogP contribution < -0.4 is 9.62 Å². The van der Waals surface area contributed by atoms with Gasteiger partial charge >= 0.3 is 0 Å². The molecule has 230 valence electrons. The number of aryl methyl sites for hydroxylation is 1. The van der Waals surface area contributed by atoms with E-state index in [9.17, 15) is 18.0 Å². The van der Waals surface area contributed by atoms with E-state index in [0.29, 0.717) is 10.7 Å². The van der Waals surface area contributed by atoms with Gasteiger partial charge in [0, 0.05) is 24.0 Å². The van der Waals surface area contributed by atoms with Crippen LogP contribution in [0.25, 0.3) is 0 Å². The highest BCUT2D eigenvalue weighted by Gasteiger charge is 2.35. The van der Waals surface area contributed by atoms with Crippen molar-refractivity contribution in [3.63, 3.8) is 0 Å². The second-order valence-electron chi connectivity index (χ2n) is 10.8. The predicted molar refractivity (Wildman–Crippen MR) is 176 cm³/mol. The molecular formula is C35H38ClN3O4S. The van der Waals surface area contributed by atoms with Gasteiger partial charge in [-0.3, -0.25) is 13.9 Å². The molecule has 0 aliphatic rings. The number of benzene rings is 4. The first-order valence-electron chi connectivity index (χ1n) is 14.6. The van der Waals surface area contributed by atoms with Crippen LogP contribution in [0.4, 0.5) is 5.69 Å². The van der Waals surface area contributed by atoms with Gasteiger partial charge in [0.2, 0.25) is 11.8 Å². The average molecular weight is 632 g/mol. The maximum absolute atomic E-state index is 14.5. The summed E-state index contributed by atoms with van der Waals surface area (Å²) in [5, 5.41) is 3.44. The van der Waals surface area contributed by atoms with Crippen LogP contribution in [0.3, 0.4) is 0 Å². The topological polar surface area (TPSA) is 86.8 Å². The van der Waals surface area contributed by atoms with Crippen molar-refractivity contribution in [2.24, 2.45) is 0 Å². The summed E-state index contributed by atoms with van der Waals surface area (Å²) in [7, 11) is -4.19. The van der Waals surface area contributed by atoms with Crippen LogP contribution in [0.2, 0.25) is 5.02 Å². The van der Waals surface area contributed by atoms with Crippen LogP contribution in [0.1, 0.15) is 37.0 Å². The van der Waals surface area contributed by atoms with E-state index in [4.69, 9.17) is 11.6 Å². The summed E-state index contributed by atoms with van der Waals surface area (Å²) in [5.41, 5.74) is 2.88. The molecule has 2 atom stereocenters. The maximum Gasteiger partial charge on any atom is 0.264 e. The fourth-order valence-corrected chi connectivity index (χ4v) is 6.35. The minimum Gasteiger partial charge on any atom is -0.352 e. The van der Waals surface area contributed by atoms with Crippen LogP contribution in [0.15, 0.2) is 114 Å². The molecule has 0 spiro atoms. The molecule has 9 heteroatoms. The largest absolute Gasteiger partial charge is 0.352 e. The summed E-state index contributed by atoms with van der Waals surface area (Å²) in [6.07, 6.45) is 0.979. The molecule has 4 aromatic rings. The molecule has 0 bridgehead atoms. The van der Waals surface area contributed by atoms with Crippen LogP contribution in [0, 0.1) is 6.92 Å². The number of hydrogen-bond donors (Lipinski definition) is 1. The number of carbonyl (C=O) groups is 2. The third kappa shape index (κ3) is 8.49. The number of halogens is 1. The normalized spacial score (nSPS) is 12.6. The highest BCUT2D eigenvalue weighted by molar-refractivity contribution is 7.92. The number of anilines is 1. The molecule has 0 fully saturated rings. The fraction of sp³-hybridized carbons (Fsp3) is 0.257. The third-order valence-corrected chi connectivity index (χ3v) is 9.48. The first kappa shape index (κ1) is 32.8. The lowest BCUT2D eigenvalue weighted by Crippen LogP contribution is -2.54. The Hall–Kier alpha value is -4.14. The Morgan fingerprint density at radius 1 is 0.841 bits per heavy atom. The van der Waals surface area contributed by atoms with Gasteiger partial charge in [-0.1, -0.05) is 91.3 Å². The Morgan fingerprint density at radius 3 is 2.05 bits per heavy atom. The summed E-state index contributed by atoms with van der Waals surface area (Å²) in [4.78, 5) is 29.8. The zero-order valence-corrected chi connectivity index (χ0v) is 26.8. The van der Waals surface area contributed by atoms with E-state index in [1.807, 2.05) is 87.5 Å². The first-order valence-corrected chi connectivity index (χ1v) is 16.4. The van der Waals surface area contributed by atoms with E-state index >= 15 is 0 Å².